The van der Waals surface area contributed by atoms with Gasteiger partial charge in [0.15, 0.2) is 16.6 Å². The molecule has 0 fully saturated rings. The molecule has 2 heterocycles. The van der Waals surface area contributed by atoms with Crippen LogP contribution in [0, 0.1) is 0 Å². The van der Waals surface area contributed by atoms with E-state index in [0.29, 0.717) is 28.7 Å². The number of benzene rings is 1. The van der Waals surface area contributed by atoms with Crippen LogP contribution in [0.3, 0.4) is 0 Å². The third kappa shape index (κ3) is 3.42. The molecule has 2 aromatic heterocycles. The molecule has 0 atom stereocenters. The SMILES string of the molecule is CCCSc1nc(N)c2[nH]c(=O)n(Cc3ccc(Br)cc3)c2n1. The molecule has 3 N–H and O–H groups in total. The highest BCUT2D eigenvalue weighted by Crippen LogP contribution is 2.21. The molecule has 0 radical (unpaired) electrons. The fraction of sp³-hybridized carbons (Fsp3) is 0.267. The van der Waals surface area contributed by atoms with Crippen LogP contribution in [0.25, 0.3) is 11.2 Å². The van der Waals surface area contributed by atoms with Crippen LogP contribution in [-0.2, 0) is 6.54 Å². The van der Waals surface area contributed by atoms with Gasteiger partial charge in [0.05, 0.1) is 6.54 Å². The van der Waals surface area contributed by atoms with E-state index < -0.39 is 0 Å². The van der Waals surface area contributed by atoms with Crippen molar-refractivity contribution in [1.29, 1.82) is 0 Å². The number of hydrogen-bond donors (Lipinski definition) is 2. The lowest BCUT2D eigenvalue weighted by Crippen LogP contribution is -2.17. The lowest BCUT2D eigenvalue weighted by Gasteiger charge is -2.05. The Hall–Kier alpha value is -1.80. The van der Waals surface area contributed by atoms with E-state index >= 15 is 0 Å². The van der Waals surface area contributed by atoms with Crippen LogP contribution in [0.15, 0.2) is 38.7 Å². The predicted molar refractivity (Wildman–Crippen MR) is 96.8 cm³/mol. The summed E-state index contributed by atoms with van der Waals surface area (Å²) in [6, 6.07) is 7.82. The van der Waals surface area contributed by atoms with Crippen LogP contribution in [0.1, 0.15) is 18.9 Å². The van der Waals surface area contributed by atoms with Crippen molar-refractivity contribution >= 4 is 44.7 Å². The fourth-order valence-electron chi connectivity index (χ4n) is 2.21. The normalized spacial score (nSPS) is 11.2. The monoisotopic (exact) mass is 393 g/mol. The maximum atomic E-state index is 12.3. The van der Waals surface area contributed by atoms with Crippen molar-refractivity contribution in [2.75, 3.05) is 11.5 Å². The number of fused-ring (bicyclic) bond motifs is 1. The second-order valence-corrected chi connectivity index (χ2v) is 7.06. The third-order valence-electron chi connectivity index (χ3n) is 3.32. The van der Waals surface area contributed by atoms with Crippen molar-refractivity contribution in [3.63, 3.8) is 0 Å². The predicted octanol–water partition coefficient (Wildman–Crippen LogP) is 3.01. The number of anilines is 1. The molecule has 0 aliphatic carbocycles. The number of halogens is 1. The van der Waals surface area contributed by atoms with E-state index in [9.17, 15) is 4.79 Å². The highest BCUT2D eigenvalue weighted by atomic mass is 79.9. The van der Waals surface area contributed by atoms with Crippen molar-refractivity contribution in [1.82, 2.24) is 19.5 Å². The van der Waals surface area contributed by atoms with Gasteiger partial charge in [0.25, 0.3) is 0 Å². The van der Waals surface area contributed by atoms with E-state index in [2.05, 4.69) is 37.8 Å². The zero-order valence-corrected chi connectivity index (χ0v) is 14.9. The van der Waals surface area contributed by atoms with E-state index in [1.807, 2.05) is 24.3 Å². The van der Waals surface area contributed by atoms with Gasteiger partial charge in [-0.15, -0.1) is 0 Å². The maximum absolute atomic E-state index is 12.3. The Balaban J connectivity index is 2.04. The standard InChI is InChI=1S/C15H16BrN5OS/c1-2-7-23-14-19-12(17)11-13(20-14)21(15(22)18-11)8-9-3-5-10(16)6-4-9/h3-6H,2,7-8H2,1H3,(H,18,22)(H2,17,19,20). The second-order valence-electron chi connectivity index (χ2n) is 5.08. The molecule has 3 rings (SSSR count). The number of H-pyrrole nitrogens is 1. The van der Waals surface area contributed by atoms with Crippen LogP contribution in [0.2, 0.25) is 0 Å². The Morgan fingerprint density at radius 2 is 2.04 bits per heavy atom. The summed E-state index contributed by atoms with van der Waals surface area (Å²) in [5, 5.41) is 0.598. The number of aromatic amines is 1. The highest BCUT2D eigenvalue weighted by molar-refractivity contribution is 9.10. The number of nitrogens with zero attached hydrogens (tertiary/aromatic N) is 3. The van der Waals surface area contributed by atoms with Crippen LogP contribution in [-0.4, -0.2) is 25.3 Å². The molecule has 0 saturated heterocycles. The second kappa shape index (κ2) is 6.76. The Bertz CT molecular complexity index is 887. The Morgan fingerprint density at radius 1 is 1.30 bits per heavy atom. The minimum Gasteiger partial charge on any atom is -0.382 e. The molecule has 0 aliphatic rings. The van der Waals surface area contributed by atoms with Gasteiger partial charge >= 0.3 is 5.69 Å². The van der Waals surface area contributed by atoms with Crippen molar-refractivity contribution in [2.24, 2.45) is 0 Å². The number of nitrogens with one attached hydrogen (secondary N) is 1. The molecule has 23 heavy (non-hydrogen) atoms. The van der Waals surface area contributed by atoms with E-state index in [-0.39, 0.29) is 5.69 Å². The topological polar surface area (TPSA) is 89.6 Å². The lowest BCUT2D eigenvalue weighted by molar-refractivity contribution is 0.771. The first-order valence-electron chi connectivity index (χ1n) is 7.21. The largest absolute Gasteiger partial charge is 0.382 e. The first kappa shape index (κ1) is 16.1. The molecule has 0 spiro atoms. The fourth-order valence-corrected chi connectivity index (χ4v) is 3.17. The summed E-state index contributed by atoms with van der Waals surface area (Å²) < 4.78 is 2.59. The summed E-state index contributed by atoms with van der Waals surface area (Å²) in [7, 11) is 0. The summed E-state index contributed by atoms with van der Waals surface area (Å²) in [5.74, 6) is 1.21. The third-order valence-corrected chi connectivity index (χ3v) is 4.90. The Morgan fingerprint density at radius 3 is 2.74 bits per heavy atom. The number of nitrogens with two attached hydrogens (primary N) is 1. The number of nitrogen functional groups attached to an aromatic ring is 1. The summed E-state index contributed by atoms with van der Waals surface area (Å²) in [6.07, 6.45) is 1.02. The van der Waals surface area contributed by atoms with Crippen LogP contribution in [0.4, 0.5) is 5.82 Å². The molecule has 0 unspecified atom stereocenters. The average Bonchev–Trinajstić information content (AvgIpc) is 2.84. The molecular formula is C15H16BrN5OS. The van der Waals surface area contributed by atoms with Gasteiger partial charge in [-0.1, -0.05) is 46.7 Å². The summed E-state index contributed by atoms with van der Waals surface area (Å²) in [4.78, 5) is 23.8. The number of thioether (sulfide) groups is 1. The molecule has 3 aromatic rings. The quantitative estimate of drug-likeness (QED) is 0.513. The molecule has 1 aromatic carbocycles. The highest BCUT2D eigenvalue weighted by Gasteiger charge is 2.14. The van der Waals surface area contributed by atoms with Crippen molar-refractivity contribution < 1.29 is 0 Å². The van der Waals surface area contributed by atoms with E-state index in [4.69, 9.17) is 5.73 Å². The van der Waals surface area contributed by atoms with Gasteiger partial charge in [0.1, 0.15) is 5.52 Å². The van der Waals surface area contributed by atoms with Gasteiger partial charge in [0, 0.05) is 10.2 Å². The van der Waals surface area contributed by atoms with Crippen LogP contribution in [0.5, 0.6) is 0 Å². The van der Waals surface area contributed by atoms with Crippen molar-refractivity contribution in [3.8, 4) is 0 Å². The molecular weight excluding hydrogens is 378 g/mol. The molecule has 0 bridgehead atoms. The molecule has 0 aliphatic heterocycles. The Kier molecular flexibility index (Phi) is 4.72. The molecule has 6 nitrogen and oxygen atoms in total. The smallest absolute Gasteiger partial charge is 0.328 e. The minimum absolute atomic E-state index is 0.235. The van der Waals surface area contributed by atoms with Gasteiger partial charge in [0.2, 0.25) is 0 Å². The molecule has 120 valence electrons. The maximum Gasteiger partial charge on any atom is 0.328 e. The van der Waals surface area contributed by atoms with Gasteiger partial charge in [-0.05, 0) is 24.1 Å². The number of hydrogen-bond acceptors (Lipinski definition) is 5. The van der Waals surface area contributed by atoms with Crippen LogP contribution < -0.4 is 11.4 Å². The first-order valence-corrected chi connectivity index (χ1v) is 8.99. The van der Waals surface area contributed by atoms with Gasteiger partial charge in [-0.3, -0.25) is 4.57 Å². The number of rotatable bonds is 5. The lowest BCUT2D eigenvalue weighted by atomic mass is 10.2. The number of aromatic nitrogens is 4. The molecule has 0 saturated carbocycles. The van der Waals surface area contributed by atoms with E-state index in [1.165, 1.54) is 11.8 Å². The minimum atomic E-state index is -0.235. The van der Waals surface area contributed by atoms with Crippen molar-refractivity contribution in [3.05, 3.63) is 44.8 Å². The van der Waals surface area contributed by atoms with Crippen molar-refractivity contribution in [2.45, 2.75) is 25.0 Å². The summed E-state index contributed by atoms with van der Waals surface area (Å²) >= 11 is 4.94. The molecule has 8 heteroatoms. The summed E-state index contributed by atoms with van der Waals surface area (Å²) in [5.41, 5.74) is 7.78. The van der Waals surface area contributed by atoms with Gasteiger partial charge in [-0.2, -0.15) is 0 Å². The Labute approximate surface area is 145 Å². The van der Waals surface area contributed by atoms with Crippen LogP contribution >= 0.6 is 27.7 Å². The van der Waals surface area contributed by atoms with Gasteiger partial charge < -0.3 is 10.7 Å². The van der Waals surface area contributed by atoms with E-state index in [0.717, 1.165) is 22.2 Å². The first-order chi connectivity index (χ1) is 11.1. The van der Waals surface area contributed by atoms with E-state index in [1.54, 1.807) is 4.57 Å². The average molecular weight is 394 g/mol. The summed E-state index contributed by atoms with van der Waals surface area (Å²) in [6.45, 7) is 2.52. The number of imidazole rings is 1. The zero-order chi connectivity index (χ0) is 16.4. The molecule has 0 amide bonds. The zero-order valence-electron chi connectivity index (χ0n) is 12.5. The van der Waals surface area contributed by atoms with Gasteiger partial charge in [-0.25, -0.2) is 14.8 Å².